The average molecular weight is 812 g/mol. The summed E-state index contributed by atoms with van der Waals surface area (Å²) >= 11 is 0. The first-order valence-electron chi connectivity index (χ1n) is 20.3. The van der Waals surface area contributed by atoms with Crippen molar-refractivity contribution in [2.24, 2.45) is 11.5 Å². The Morgan fingerprint density at radius 3 is 1.72 bits per heavy atom. The normalized spacial score (nSPS) is 12.7. The van der Waals surface area contributed by atoms with Crippen LogP contribution in [0.2, 0.25) is 0 Å². The van der Waals surface area contributed by atoms with E-state index in [2.05, 4.69) is 27.3 Å². The van der Waals surface area contributed by atoms with Gasteiger partial charge in [-0.3, -0.25) is 9.59 Å². The number of benzene rings is 2. The summed E-state index contributed by atoms with van der Waals surface area (Å²) in [5.41, 5.74) is 14.3. The highest BCUT2D eigenvalue weighted by molar-refractivity contribution is 5.81. The zero-order chi connectivity index (χ0) is 43.9. The first-order valence-corrected chi connectivity index (χ1v) is 20.3. The van der Waals surface area contributed by atoms with Gasteiger partial charge >= 0.3 is 18.2 Å². The number of carboxylic acid groups (broad SMARTS) is 1. The maximum absolute atomic E-state index is 12.5. The number of unbranched alkanes of at least 4 members (excludes halogenated alkanes) is 3. The summed E-state index contributed by atoms with van der Waals surface area (Å²) in [5.74, 6) is -0.926. The van der Waals surface area contributed by atoms with Crippen LogP contribution in [0.4, 0.5) is 9.59 Å². The number of nitrogens with two attached hydrogens (primary N) is 2. The molecule has 8 N–H and O–H groups in total. The van der Waals surface area contributed by atoms with Gasteiger partial charge in [-0.15, -0.1) is 0 Å². The van der Waals surface area contributed by atoms with Crippen molar-refractivity contribution in [1.82, 2.24) is 16.0 Å². The second-order valence-electron chi connectivity index (χ2n) is 15.7. The van der Waals surface area contributed by atoms with E-state index in [4.69, 9.17) is 20.9 Å². The number of amides is 4. The fourth-order valence-corrected chi connectivity index (χ4v) is 5.95. The van der Waals surface area contributed by atoms with E-state index >= 15 is 0 Å². The molecule has 2 aromatic carbocycles. The highest BCUT2D eigenvalue weighted by atomic mass is 16.6. The number of hydrogen-bond acceptors (Lipinski definition) is 9. The lowest BCUT2D eigenvalue weighted by Gasteiger charge is -2.25. The van der Waals surface area contributed by atoms with E-state index in [1.807, 2.05) is 83.1 Å². The summed E-state index contributed by atoms with van der Waals surface area (Å²) in [6.07, 6.45) is 3.17. The van der Waals surface area contributed by atoms with Gasteiger partial charge in [-0.25, -0.2) is 14.4 Å². The topological polar surface area (TPSA) is 221 Å². The molecular formula is C44H69N5O9. The first-order chi connectivity index (χ1) is 27.3. The minimum absolute atomic E-state index is 0.0720. The number of fused-ring (bicyclic) bond motifs is 3. The Labute approximate surface area is 345 Å². The van der Waals surface area contributed by atoms with Crippen LogP contribution in [0.3, 0.4) is 0 Å². The van der Waals surface area contributed by atoms with Crippen molar-refractivity contribution in [2.75, 3.05) is 19.7 Å². The number of ether oxygens (including phenoxy) is 3. The summed E-state index contributed by atoms with van der Waals surface area (Å²) in [5, 5.41) is 17.8. The molecular weight excluding hydrogens is 743 g/mol. The van der Waals surface area contributed by atoms with Gasteiger partial charge in [0.2, 0.25) is 11.8 Å². The molecule has 0 heterocycles. The molecule has 324 valence electrons. The van der Waals surface area contributed by atoms with Gasteiger partial charge in [-0.1, -0.05) is 75.4 Å². The van der Waals surface area contributed by atoms with Crippen molar-refractivity contribution >= 4 is 30.0 Å². The Morgan fingerprint density at radius 1 is 0.741 bits per heavy atom. The van der Waals surface area contributed by atoms with Crippen molar-refractivity contribution in [3.05, 3.63) is 72.0 Å². The molecule has 2 atom stereocenters. The zero-order valence-electron chi connectivity index (χ0n) is 35.9. The molecule has 14 heteroatoms. The number of aliphatic carboxylic acids is 1. The number of primary amides is 1. The number of alkyl carbamates (subject to hydrolysis) is 1. The monoisotopic (exact) mass is 812 g/mol. The minimum Gasteiger partial charge on any atom is -0.491 e. The molecule has 58 heavy (non-hydrogen) atoms. The number of hydrogen-bond donors (Lipinski definition) is 6. The van der Waals surface area contributed by atoms with E-state index in [0.717, 1.165) is 35.1 Å². The Kier molecular flexibility index (Phi) is 22.8. The van der Waals surface area contributed by atoms with Crippen LogP contribution in [0.25, 0.3) is 11.1 Å². The van der Waals surface area contributed by atoms with Crippen molar-refractivity contribution in [2.45, 2.75) is 142 Å². The smallest absolute Gasteiger partial charge is 0.407 e. The van der Waals surface area contributed by atoms with E-state index in [1.54, 1.807) is 20.8 Å². The highest BCUT2D eigenvalue weighted by Gasteiger charge is 2.30. The lowest BCUT2D eigenvalue weighted by molar-refractivity contribution is -0.139. The molecule has 0 aliphatic heterocycles. The Morgan fingerprint density at radius 2 is 1.24 bits per heavy atom. The third kappa shape index (κ3) is 20.9. The molecule has 0 fully saturated rings. The van der Waals surface area contributed by atoms with E-state index in [-0.39, 0.29) is 42.8 Å². The number of nitrogens with one attached hydrogen (secondary N) is 3. The zero-order valence-corrected chi connectivity index (χ0v) is 35.9. The molecule has 0 saturated heterocycles. The largest absolute Gasteiger partial charge is 0.491 e. The lowest BCUT2D eigenvalue weighted by atomic mass is 9.98. The molecule has 0 bridgehead atoms. The number of carbonyl (C=O) groups is 5. The van der Waals surface area contributed by atoms with Crippen LogP contribution in [0, 0.1) is 0 Å². The van der Waals surface area contributed by atoms with Gasteiger partial charge in [0.15, 0.2) is 0 Å². The van der Waals surface area contributed by atoms with E-state index in [1.165, 1.54) is 0 Å². The molecule has 0 aromatic heterocycles. The Bertz CT molecular complexity index is 1570. The summed E-state index contributed by atoms with van der Waals surface area (Å²) in [6.45, 7) is 19.9. The lowest BCUT2D eigenvalue weighted by Crippen LogP contribution is -2.41. The number of carboxylic acids is 1. The second-order valence-corrected chi connectivity index (χ2v) is 15.7. The number of rotatable bonds is 20. The predicted octanol–water partition coefficient (Wildman–Crippen LogP) is 7.28. The Balaban J connectivity index is 0.00000150. The van der Waals surface area contributed by atoms with Crippen molar-refractivity contribution in [3.63, 3.8) is 0 Å². The molecule has 1 aliphatic rings. The summed E-state index contributed by atoms with van der Waals surface area (Å²) in [4.78, 5) is 58.6. The van der Waals surface area contributed by atoms with Crippen molar-refractivity contribution in [1.29, 1.82) is 0 Å². The van der Waals surface area contributed by atoms with Gasteiger partial charge in [-0.2, -0.15) is 0 Å². The summed E-state index contributed by atoms with van der Waals surface area (Å²) in [7, 11) is 0. The third-order valence-electron chi connectivity index (χ3n) is 8.52. The van der Waals surface area contributed by atoms with Crippen LogP contribution in [0.5, 0.6) is 0 Å². The molecule has 2 unspecified atom stereocenters. The van der Waals surface area contributed by atoms with Gasteiger partial charge in [-0.05, 0) is 102 Å². The third-order valence-corrected chi connectivity index (χ3v) is 8.52. The molecule has 0 saturated carbocycles. The van der Waals surface area contributed by atoms with E-state index in [0.29, 0.717) is 51.0 Å². The quantitative estimate of drug-likeness (QED) is 0.0579. The van der Waals surface area contributed by atoms with Gasteiger partial charge in [0, 0.05) is 31.8 Å². The standard InChI is InChI=1S/C37H52N4O7.C5H11NO2.C2H6/c1-25(48-37(2,3)4)31(38)20-21-34(43)40-22-12-5-6-19-33(42)39-23-13-11-18-32(35(44)45)41-36(46)47-24-30-28-16-9-7-14-26(28)27-15-8-10-17-29(27)30;1-5(2,3)8-4(6)7;1-2/h7-10,14-17,30-32H,1,5-6,11-13,18-24,38H2,2-4H3,(H,39,42)(H,40,43)(H,41,46)(H,44,45);1-3H3,(H2,6,7);1-2H3. The maximum atomic E-state index is 12.5. The molecule has 3 rings (SSSR count). The van der Waals surface area contributed by atoms with E-state index < -0.39 is 35.8 Å². The van der Waals surface area contributed by atoms with E-state index in [9.17, 15) is 29.1 Å². The fourth-order valence-electron chi connectivity index (χ4n) is 5.95. The first kappa shape index (κ1) is 50.9. The molecule has 4 amide bonds. The highest BCUT2D eigenvalue weighted by Crippen LogP contribution is 2.44. The van der Waals surface area contributed by atoms with Crippen LogP contribution in [0.1, 0.15) is 130 Å². The number of carbonyl (C=O) groups excluding carboxylic acids is 4. The second kappa shape index (κ2) is 26.0. The van der Waals surface area contributed by atoms with Gasteiger partial charge in [0.1, 0.15) is 29.6 Å². The molecule has 0 radical (unpaired) electrons. The van der Waals surface area contributed by atoms with Crippen LogP contribution in [-0.2, 0) is 28.6 Å². The fraction of sp³-hybridized carbons (Fsp3) is 0.568. The van der Waals surface area contributed by atoms with Crippen LogP contribution < -0.4 is 27.4 Å². The summed E-state index contributed by atoms with van der Waals surface area (Å²) in [6, 6.07) is 14.5. The van der Waals surface area contributed by atoms with Crippen LogP contribution >= 0.6 is 0 Å². The van der Waals surface area contributed by atoms with Gasteiger partial charge < -0.3 is 46.7 Å². The average Bonchev–Trinajstić information content (AvgIpc) is 3.46. The molecule has 2 aromatic rings. The van der Waals surface area contributed by atoms with Gasteiger partial charge in [0.25, 0.3) is 0 Å². The molecule has 1 aliphatic carbocycles. The van der Waals surface area contributed by atoms with Crippen molar-refractivity contribution in [3.8, 4) is 11.1 Å². The Hall–Kier alpha value is -5.11. The van der Waals surface area contributed by atoms with Crippen molar-refractivity contribution < 1.29 is 43.3 Å². The molecule has 0 spiro atoms. The minimum atomic E-state index is -1.14. The van der Waals surface area contributed by atoms with Crippen LogP contribution in [-0.4, -0.2) is 78.1 Å². The summed E-state index contributed by atoms with van der Waals surface area (Å²) < 4.78 is 15.7. The van der Waals surface area contributed by atoms with Crippen LogP contribution in [0.15, 0.2) is 60.9 Å². The SMILES string of the molecule is C=C(OC(C)(C)C)C(N)CCC(=O)NCCCCCC(=O)NCCCCC(NC(=O)OCC1c2ccccc2-c2ccccc21)C(=O)O.CC.CC(C)(C)OC(N)=O. The van der Waals surface area contributed by atoms with Gasteiger partial charge in [0.05, 0.1) is 6.04 Å². The maximum Gasteiger partial charge on any atom is 0.407 e. The predicted molar refractivity (Wildman–Crippen MR) is 227 cm³/mol. The molecule has 14 nitrogen and oxygen atoms in total.